The number of H-pyrrole nitrogens is 1. The molecule has 0 aliphatic rings. The van der Waals surface area contributed by atoms with Crippen LogP contribution in [-0.4, -0.2) is 9.55 Å². The molecule has 3 aromatic rings. The normalized spacial score (nSPS) is 12.9. The summed E-state index contributed by atoms with van der Waals surface area (Å²) in [7, 11) is 0. The molecule has 0 spiro atoms. The van der Waals surface area contributed by atoms with E-state index in [1.54, 1.807) is 13.2 Å². The van der Waals surface area contributed by atoms with Crippen LogP contribution in [0, 0.1) is 17.5 Å². The third-order valence-electron chi connectivity index (χ3n) is 3.51. The maximum absolute atomic E-state index is 13.6. The van der Waals surface area contributed by atoms with Gasteiger partial charge in [-0.1, -0.05) is 0 Å². The number of benzene rings is 1. The number of fused-ring (bicyclic) bond motifs is 1. The Bertz CT molecular complexity index is 801. The molecule has 2 aromatic heterocycles. The lowest BCUT2D eigenvalue weighted by Gasteiger charge is -2.13. The summed E-state index contributed by atoms with van der Waals surface area (Å²) in [4.78, 5) is 3.06. The second-order valence-corrected chi connectivity index (χ2v) is 5.44. The van der Waals surface area contributed by atoms with Crippen LogP contribution in [0.4, 0.5) is 4.39 Å². The molecule has 0 amide bonds. The molecule has 0 fully saturated rings. The number of hydrogen-bond donors (Lipinski definition) is 1. The van der Waals surface area contributed by atoms with Crippen LogP contribution in [0.3, 0.4) is 0 Å². The Morgan fingerprint density at radius 2 is 2.25 bits per heavy atom. The fourth-order valence-electron chi connectivity index (χ4n) is 2.50. The summed E-state index contributed by atoms with van der Waals surface area (Å²) in [5.74, 6) is 0.687. The monoisotopic (exact) mass is 290 g/mol. The van der Waals surface area contributed by atoms with Gasteiger partial charge in [0, 0.05) is 12.5 Å². The van der Waals surface area contributed by atoms with E-state index in [1.165, 1.54) is 6.07 Å². The van der Waals surface area contributed by atoms with Gasteiger partial charge in [0.15, 0.2) is 4.77 Å². The molecule has 0 saturated heterocycles. The smallest absolute Gasteiger partial charge is 0.178 e. The summed E-state index contributed by atoms with van der Waals surface area (Å²) in [6, 6.07) is 7.27. The van der Waals surface area contributed by atoms with Gasteiger partial charge in [0.2, 0.25) is 0 Å². The van der Waals surface area contributed by atoms with Gasteiger partial charge in [0.1, 0.15) is 11.6 Å². The molecule has 2 heterocycles. The number of nitrogens with zero attached hydrogens (tertiary/aromatic N) is 1. The zero-order chi connectivity index (χ0) is 14.3. The molecule has 5 heteroatoms. The lowest BCUT2D eigenvalue weighted by atomic mass is 10.1. The van der Waals surface area contributed by atoms with Crippen LogP contribution < -0.4 is 0 Å². The first-order valence-electron chi connectivity index (χ1n) is 6.49. The number of aromatic amines is 1. The van der Waals surface area contributed by atoms with Crippen molar-refractivity contribution in [3.05, 3.63) is 52.4 Å². The van der Waals surface area contributed by atoms with Crippen molar-refractivity contribution in [3.8, 4) is 0 Å². The zero-order valence-electron chi connectivity index (χ0n) is 11.3. The first kappa shape index (κ1) is 13.1. The Hall–Kier alpha value is -1.88. The average Bonchev–Trinajstić information content (AvgIpc) is 2.97. The minimum Gasteiger partial charge on any atom is -0.469 e. The van der Waals surface area contributed by atoms with Crippen molar-refractivity contribution in [2.45, 2.75) is 26.3 Å². The summed E-state index contributed by atoms with van der Waals surface area (Å²) in [5.41, 5.74) is 2.27. The first-order chi connectivity index (χ1) is 9.56. The van der Waals surface area contributed by atoms with E-state index < -0.39 is 0 Å². The molecule has 0 aliphatic carbocycles. The quantitative estimate of drug-likeness (QED) is 0.718. The highest BCUT2D eigenvalue weighted by Gasteiger charge is 2.14. The van der Waals surface area contributed by atoms with E-state index in [1.807, 2.05) is 22.8 Å². The van der Waals surface area contributed by atoms with Crippen molar-refractivity contribution < 1.29 is 8.81 Å². The molecule has 0 saturated carbocycles. The second kappa shape index (κ2) is 4.90. The number of aromatic nitrogens is 2. The fourth-order valence-corrected chi connectivity index (χ4v) is 2.89. The van der Waals surface area contributed by atoms with Gasteiger partial charge in [0.25, 0.3) is 0 Å². The van der Waals surface area contributed by atoms with Gasteiger partial charge in [-0.2, -0.15) is 0 Å². The molecular formula is C15H15FN2OS. The maximum Gasteiger partial charge on any atom is 0.178 e. The molecule has 1 aromatic carbocycles. The molecule has 104 valence electrons. The van der Waals surface area contributed by atoms with Gasteiger partial charge in [-0.15, -0.1) is 0 Å². The largest absolute Gasteiger partial charge is 0.469 e. The fraction of sp³-hybridized carbons (Fsp3) is 0.267. The highest BCUT2D eigenvalue weighted by molar-refractivity contribution is 7.71. The van der Waals surface area contributed by atoms with Gasteiger partial charge in [-0.05, 0) is 55.9 Å². The molecule has 3 rings (SSSR count). The van der Waals surface area contributed by atoms with Crippen LogP contribution in [0.2, 0.25) is 0 Å². The standard InChI is InChI=1S/C15H15FN2OS/c1-9-6-14-13(8-12(9)16)17-15(20)18(14)10(2)7-11-4-3-5-19-11/h3-6,8,10H,7H2,1-2H3,(H,17,20). The topological polar surface area (TPSA) is 33.9 Å². The Morgan fingerprint density at radius 1 is 1.45 bits per heavy atom. The van der Waals surface area contributed by atoms with Gasteiger partial charge in [-0.25, -0.2) is 4.39 Å². The van der Waals surface area contributed by atoms with Crippen LogP contribution in [0.25, 0.3) is 11.0 Å². The molecular weight excluding hydrogens is 275 g/mol. The Labute approximate surface area is 121 Å². The summed E-state index contributed by atoms with van der Waals surface area (Å²) < 4.78 is 21.6. The highest BCUT2D eigenvalue weighted by Crippen LogP contribution is 2.24. The Kier molecular flexibility index (Phi) is 3.22. The Balaban J connectivity index is 2.08. The molecule has 0 bridgehead atoms. The van der Waals surface area contributed by atoms with Crippen LogP contribution in [0.5, 0.6) is 0 Å². The van der Waals surface area contributed by atoms with E-state index in [0.29, 0.717) is 10.3 Å². The number of furan rings is 1. The van der Waals surface area contributed by atoms with E-state index >= 15 is 0 Å². The predicted molar refractivity (Wildman–Crippen MR) is 78.9 cm³/mol. The van der Waals surface area contributed by atoms with Gasteiger partial charge in [-0.3, -0.25) is 0 Å². The van der Waals surface area contributed by atoms with Crippen molar-refractivity contribution in [1.82, 2.24) is 9.55 Å². The van der Waals surface area contributed by atoms with Crippen molar-refractivity contribution in [3.63, 3.8) is 0 Å². The Morgan fingerprint density at radius 3 is 2.95 bits per heavy atom. The molecule has 1 N–H and O–H groups in total. The summed E-state index contributed by atoms with van der Waals surface area (Å²) in [6.07, 6.45) is 2.40. The maximum atomic E-state index is 13.6. The van der Waals surface area contributed by atoms with Gasteiger partial charge in [0.05, 0.1) is 17.3 Å². The number of imidazole rings is 1. The van der Waals surface area contributed by atoms with Crippen molar-refractivity contribution >= 4 is 23.3 Å². The lowest BCUT2D eigenvalue weighted by molar-refractivity contribution is 0.452. The average molecular weight is 290 g/mol. The minimum atomic E-state index is -0.223. The highest BCUT2D eigenvalue weighted by atomic mass is 32.1. The molecule has 1 unspecified atom stereocenters. The van der Waals surface area contributed by atoms with Crippen molar-refractivity contribution in [2.24, 2.45) is 0 Å². The third kappa shape index (κ3) is 2.18. The van der Waals surface area contributed by atoms with Crippen LogP contribution in [-0.2, 0) is 6.42 Å². The van der Waals surface area contributed by atoms with Crippen LogP contribution in [0.15, 0.2) is 34.9 Å². The van der Waals surface area contributed by atoms with Crippen molar-refractivity contribution in [1.29, 1.82) is 0 Å². The minimum absolute atomic E-state index is 0.132. The second-order valence-electron chi connectivity index (χ2n) is 5.05. The van der Waals surface area contributed by atoms with Crippen molar-refractivity contribution in [2.75, 3.05) is 0 Å². The summed E-state index contributed by atoms with van der Waals surface area (Å²) in [5, 5.41) is 0. The number of halogens is 1. The van der Waals surface area contributed by atoms with E-state index in [4.69, 9.17) is 16.6 Å². The van der Waals surface area contributed by atoms with Gasteiger partial charge < -0.3 is 14.0 Å². The van der Waals surface area contributed by atoms with E-state index in [-0.39, 0.29) is 11.9 Å². The number of nitrogens with one attached hydrogen (secondary N) is 1. The zero-order valence-corrected chi connectivity index (χ0v) is 12.1. The summed E-state index contributed by atoms with van der Waals surface area (Å²) in [6.45, 7) is 3.83. The summed E-state index contributed by atoms with van der Waals surface area (Å²) >= 11 is 5.37. The third-order valence-corrected chi connectivity index (χ3v) is 3.81. The molecule has 1 atom stereocenters. The molecule has 3 nitrogen and oxygen atoms in total. The SMILES string of the molecule is Cc1cc2c(cc1F)[nH]c(=S)n2C(C)Cc1ccco1. The van der Waals surface area contributed by atoms with E-state index in [0.717, 1.165) is 23.2 Å². The lowest BCUT2D eigenvalue weighted by Crippen LogP contribution is -2.08. The number of hydrogen-bond acceptors (Lipinski definition) is 2. The predicted octanol–water partition coefficient (Wildman–Crippen LogP) is 4.54. The molecule has 0 radical (unpaired) electrons. The number of rotatable bonds is 3. The number of aryl methyl sites for hydroxylation is 1. The molecule has 20 heavy (non-hydrogen) atoms. The van der Waals surface area contributed by atoms with E-state index in [2.05, 4.69) is 11.9 Å². The van der Waals surface area contributed by atoms with Crippen LogP contribution in [0.1, 0.15) is 24.3 Å². The van der Waals surface area contributed by atoms with Gasteiger partial charge >= 0.3 is 0 Å². The first-order valence-corrected chi connectivity index (χ1v) is 6.90. The van der Waals surface area contributed by atoms with E-state index in [9.17, 15) is 4.39 Å². The van der Waals surface area contributed by atoms with Crippen LogP contribution >= 0.6 is 12.2 Å². The molecule has 0 aliphatic heterocycles.